The van der Waals surface area contributed by atoms with Gasteiger partial charge in [-0.2, -0.15) is 0 Å². The van der Waals surface area contributed by atoms with E-state index in [2.05, 4.69) is 23.3 Å². The van der Waals surface area contributed by atoms with Crippen LogP contribution in [0.15, 0.2) is 35.7 Å². The van der Waals surface area contributed by atoms with E-state index in [0.717, 1.165) is 44.6 Å². The van der Waals surface area contributed by atoms with Crippen molar-refractivity contribution in [1.82, 2.24) is 4.90 Å². The summed E-state index contributed by atoms with van der Waals surface area (Å²) >= 11 is 1.85. The molecule has 2 fully saturated rings. The fraction of sp³-hybridized carbons (Fsp3) is 0.524. The molecule has 0 radical (unpaired) electrons. The molecule has 0 N–H and O–H groups in total. The third-order valence-corrected chi connectivity index (χ3v) is 6.48. The van der Waals surface area contributed by atoms with Crippen molar-refractivity contribution in [3.63, 3.8) is 0 Å². The Morgan fingerprint density at radius 3 is 3.00 bits per heavy atom. The SMILES string of the molecule is Cc1ccsc1CN1CC2(CC(CCOCc3cccc(F)c3)CO2)C1. The van der Waals surface area contributed by atoms with Gasteiger partial charge in [0.2, 0.25) is 0 Å². The van der Waals surface area contributed by atoms with Crippen LogP contribution in [-0.2, 0) is 22.6 Å². The number of hydrogen-bond donors (Lipinski definition) is 0. The third-order valence-electron chi connectivity index (χ3n) is 5.47. The second kappa shape index (κ2) is 7.77. The van der Waals surface area contributed by atoms with E-state index < -0.39 is 0 Å². The quantitative estimate of drug-likeness (QED) is 0.670. The first-order chi connectivity index (χ1) is 12.6. The zero-order chi connectivity index (χ0) is 18.0. The van der Waals surface area contributed by atoms with Crippen molar-refractivity contribution in [2.45, 2.75) is 38.5 Å². The maximum absolute atomic E-state index is 13.2. The molecule has 2 aliphatic rings. The minimum atomic E-state index is -0.204. The van der Waals surface area contributed by atoms with Gasteiger partial charge in [0.25, 0.3) is 0 Å². The molecular formula is C21H26FNO2S. The minimum absolute atomic E-state index is 0.0817. The van der Waals surface area contributed by atoms with Crippen molar-refractivity contribution < 1.29 is 13.9 Å². The van der Waals surface area contributed by atoms with E-state index >= 15 is 0 Å². The van der Waals surface area contributed by atoms with Gasteiger partial charge in [-0.25, -0.2) is 4.39 Å². The Morgan fingerprint density at radius 2 is 2.23 bits per heavy atom. The number of hydrogen-bond acceptors (Lipinski definition) is 4. The lowest BCUT2D eigenvalue weighted by atomic mass is 9.86. The first kappa shape index (κ1) is 18.1. The van der Waals surface area contributed by atoms with Gasteiger partial charge in [0.05, 0.1) is 18.8 Å². The number of likely N-dealkylation sites (tertiary alicyclic amines) is 1. The number of nitrogens with zero attached hydrogens (tertiary/aromatic N) is 1. The maximum Gasteiger partial charge on any atom is 0.123 e. The summed E-state index contributed by atoms with van der Waals surface area (Å²) in [6.07, 6.45) is 2.15. The van der Waals surface area contributed by atoms with E-state index in [0.29, 0.717) is 19.1 Å². The molecule has 0 amide bonds. The Kier molecular flexibility index (Phi) is 5.41. The molecule has 2 aromatic rings. The van der Waals surface area contributed by atoms with Gasteiger partial charge in [0, 0.05) is 31.1 Å². The molecule has 26 heavy (non-hydrogen) atoms. The highest BCUT2D eigenvalue weighted by molar-refractivity contribution is 7.10. The topological polar surface area (TPSA) is 21.7 Å². The fourth-order valence-corrected chi connectivity index (χ4v) is 5.01. The van der Waals surface area contributed by atoms with E-state index in [1.54, 1.807) is 6.07 Å². The molecule has 2 saturated heterocycles. The van der Waals surface area contributed by atoms with Gasteiger partial charge < -0.3 is 9.47 Å². The Balaban J connectivity index is 1.15. The van der Waals surface area contributed by atoms with Crippen molar-refractivity contribution in [2.75, 3.05) is 26.3 Å². The summed E-state index contributed by atoms with van der Waals surface area (Å²) in [5.74, 6) is 0.373. The summed E-state index contributed by atoms with van der Waals surface area (Å²) in [5.41, 5.74) is 2.37. The predicted molar refractivity (Wildman–Crippen MR) is 102 cm³/mol. The summed E-state index contributed by atoms with van der Waals surface area (Å²) in [6, 6.07) is 8.81. The first-order valence-electron chi connectivity index (χ1n) is 9.33. The van der Waals surface area contributed by atoms with Crippen LogP contribution in [0.25, 0.3) is 0 Å². The van der Waals surface area contributed by atoms with Gasteiger partial charge >= 0.3 is 0 Å². The van der Waals surface area contributed by atoms with Gasteiger partial charge in [0.1, 0.15) is 5.82 Å². The average molecular weight is 376 g/mol. The molecule has 0 saturated carbocycles. The molecule has 1 aromatic carbocycles. The van der Waals surface area contributed by atoms with Crippen LogP contribution in [-0.4, -0.2) is 36.8 Å². The fourth-order valence-electron chi connectivity index (χ4n) is 4.06. The van der Waals surface area contributed by atoms with Gasteiger partial charge in [-0.05, 0) is 60.4 Å². The van der Waals surface area contributed by atoms with Gasteiger partial charge in [-0.1, -0.05) is 12.1 Å². The van der Waals surface area contributed by atoms with Crippen molar-refractivity contribution in [3.8, 4) is 0 Å². The Morgan fingerprint density at radius 1 is 1.35 bits per heavy atom. The van der Waals surface area contributed by atoms with Crippen LogP contribution in [0.2, 0.25) is 0 Å². The zero-order valence-electron chi connectivity index (χ0n) is 15.2. The summed E-state index contributed by atoms with van der Waals surface area (Å²) in [7, 11) is 0. The smallest absolute Gasteiger partial charge is 0.123 e. The first-order valence-corrected chi connectivity index (χ1v) is 10.2. The molecule has 1 spiro atoms. The molecule has 3 heterocycles. The van der Waals surface area contributed by atoms with Crippen LogP contribution >= 0.6 is 11.3 Å². The molecule has 0 bridgehead atoms. The van der Waals surface area contributed by atoms with E-state index in [1.165, 1.54) is 22.6 Å². The van der Waals surface area contributed by atoms with E-state index in [4.69, 9.17) is 9.47 Å². The predicted octanol–water partition coefficient (Wildman–Crippen LogP) is 4.39. The number of benzene rings is 1. The van der Waals surface area contributed by atoms with Crippen molar-refractivity contribution in [3.05, 3.63) is 57.5 Å². The average Bonchev–Trinajstić information content (AvgIpc) is 3.19. The second-order valence-electron chi connectivity index (χ2n) is 7.71. The lowest BCUT2D eigenvalue weighted by Gasteiger charge is -2.47. The standard InChI is InChI=1S/C21H26FNO2S/c1-16-6-8-26-20(16)11-23-14-21(15-23)10-18(13-25-21)5-7-24-12-17-3-2-4-19(22)9-17/h2-4,6,8-9,18H,5,7,10-15H2,1H3. The summed E-state index contributed by atoms with van der Waals surface area (Å²) in [5, 5.41) is 2.17. The molecule has 1 atom stereocenters. The molecule has 1 unspecified atom stereocenters. The molecule has 2 aliphatic heterocycles. The van der Waals surface area contributed by atoms with Crippen LogP contribution in [0.1, 0.15) is 28.8 Å². The van der Waals surface area contributed by atoms with Crippen LogP contribution < -0.4 is 0 Å². The van der Waals surface area contributed by atoms with Crippen LogP contribution in [0.3, 0.4) is 0 Å². The highest BCUT2D eigenvalue weighted by Gasteiger charge is 2.49. The third kappa shape index (κ3) is 4.17. The number of aryl methyl sites for hydroxylation is 1. The molecular weight excluding hydrogens is 349 g/mol. The Hall–Kier alpha value is -1.27. The molecule has 3 nitrogen and oxygen atoms in total. The minimum Gasteiger partial charge on any atom is -0.377 e. The molecule has 5 heteroatoms. The monoisotopic (exact) mass is 375 g/mol. The summed E-state index contributed by atoms with van der Waals surface area (Å²) < 4.78 is 25.0. The van der Waals surface area contributed by atoms with E-state index in [9.17, 15) is 4.39 Å². The van der Waals surface area contributed by atoms with Crippen LogP contribution in [0.5, 0.6) is 0 Å². The second-order valence-corrected chi connectivity index (χ2v) is 8.71. The van der Waals surface area contributed by atoms with E-state index in [1.807, 2.05) is 17.4 Å². The van der Waals surface area contributed by atoms with Gasteiger partial charge in [-0.15, -0.1) is 11.3 Å². The molecule has 0 aliphatic carbocycles. The Labute approximate surface area is 158 Å². The van der Waals surface area contributed by atoms with Crippen LogP contribution in [0.4, 0.5) is 4.39 Å². The molecule has 140 valence electrons. The van der Waals surface area contributed by atoms with Crippen LogP contribution in [0, 0.1) is 18.7 Å². The van der Waals surface area contributed by atoms with Crippen molar-refractivity contribution in [2.24, 2.45) is 5.92 Å². The number of ether oxygens (including phenoxy) is 2. The largest absolute Gasteiger partial charge is 0.377 e. The molecule has 4 rings (SSSR count). The summed E-state index contributed by atoms with van der Waals surface area (Å²) in [6.45, 7) is 7.36. The highest BCUT2D eigenvalue weighted by Crippen LogP contribution is 2.40. The maximum atomic E-state index is 13.2. The normalized spacial score (nSPS) is 22.0. The van der Waals surface area contributed by atoms with Crippen molar-refractivity contribution in [1.29, 1.82) is 0 Å². The molecule has 1 aromatic heterocycles. The highest BCUT2D eigenvalue weighted by atomic mass is 32.1. The van der Waals surface area contributed by atoms with Gasteiger partial charge in [0.15, 0.2) is 0 Å². The van der Waals surface area contributed by atoms with Crippen molar-refractivity contribution >= 4 is 11.3 Å². The zero-order valence-corrected chi connectivity index (χ0v) is 16.1. The lowest BCUT2D eigenvalue weighted by molar-refractivity contribution is -0.114. The Bertz CT molecular complexity index is 741. The lowest BCUT2D eigenvalue weighted by Crippen LogP contribution is -2.60. The number of thiophene rings is 1. The van der Waals surface area contributed by atoms with E-state index in [-0.39, 0.29) is 11.4 Å². The summed E-state index contributed by atoms with van der Waals surface area (Å²) in [4.78, 5) is 3.96. The number of rotatable bonds is 7. The number of halogens is 1. The van der Waals surface area contributed by atoms with Gasteiger partial charge in [-0.3, -0.25) is 4.90 Å².